The molecule has 2 fully saturated rings. The Balaban J connectivity index is 1.64. The van der Waals surface area contributed by atoms with Crippen LogP contribution in [-0.2, 0) is 21.4 Å². The predicted molar refractivity (Wildman–Crippen MR) is 106 cm³/mol. The summed E-state index contributed by atoms with van der Waals surface area (Å²) >= 11 is 0. The van der Waals surface area contributed by atoms with E-state index < -0.39 is 5.41 Å². The van der Waals surface area contributed by atoms with Crippen molar-refractivity contribution in [2.45, 2.75) is 30.6 Å². The Hall–Kier alpha value is -2.33. The molecule has 0 aromatic heterocycles. The molecule has 5 aliphatic rings. The summed E-state index contributed by atoms with van der Waals surface area (Å²) in [5.41, 5.74) is 4.77. The molecule has 0 spiro atoms. The van der Waals surface area contributed by atoms with Crippen LogP contribution in [0.3, 0.4) is 0 Å². The van der Waals surface area contributed by atoms with Crippen LogP contribution in [0.2, 0.25) is 0 Å². The van der Waals surface area contributed by atoms with Crippen molar-refractivity contribution in [1.29, 1.82) is 0 Å². The molecular formula is C24H25NO3. The largest absolute Gasteiger partial charge is 0.493 e. The molecule has 4 nitrogen and oxygen atoms in total. The molecule has 2 heterocycles. The van der Waals surface area contributed by atoms with E-state index in [2.05, 4.69) is 47.8 Å². The molecule has 0 amide bonds. The molecule has 4 unspecified atom stereocenters. The molecule has 4 heteroatoms. The van der Waals surface area contributed by atoms with Gasteiger partial charge < -0.3 is 14.8 Å². The van der Waals surface area contributed by atoms with E-state index in [0.29, 0.717) is 6.54 Å². The molecule has 2 aliphatic heterocycles. The summed E-state index contributed by atoms with van der Waals surface area (Å²) in [6, 6.07) is 15.5. The summed E-state index contributed by atoms with van der Waals surface area (Å²) in [5, 5.41) is 3.58. The first-order valence-corrected chi connectivity index (χ1v) is 10.4. The van der Waals surface area contributed by atoms with Crippen molar-refractivity contribution in [3.05, 3.63) is 64.7 Å². The molecule has 0 radical (unpaired) electrons. The lowest BCUT2D eigenvalue weighted by Crippen LogP contribution is -2.60. The van der Waals surface area contributed by atoms with E-state index in [1.165, 1.54) is 22.3 Å². The quantitative estimate of drug-likeness (QED) is 0.819. The lowest BCUT2D eigenvalue weighted by Gasteiger charge is -2.59. The van der Waals surface area contributed by atoms with Gasteiger partial charge in [-0.2, -0.15) is 0 Å². The van der Waals surface area contributed by atoms with Gasteiger partial charge in [-0.05, 0) is 41.2 Å². The first-order valence-electron chi connectivity index (χ1n) is 10.4. The zero-order chi connectivity index (χ0) is 18.9. The Morgan fingerprint density at radius 2 is 2.14 bits per heavy atom. The van der Waals surface area contributed by atoms with Crippen molar-refractivity contribution in [2.24, 2.45) is 11.3 Å². The van der Waals surface area contributed by atoms with Gasteiger partial charge in [-0.15, -0.1) is 0 Å². The van der Waals surface area contributed by atoms with Crippen LogP contribution in [0.15, 0.2) is 42.5 Å². The van der Waals surface area contributed by atoms with E-state index in [-0.39, 0.29) is 23.2 Å². The maximum Gasteiger partial charge on any atom is 0.314 e. The molecule has 144 valence electrons. The van der Waals surface area contributed by atoms with Gasteiger partial charge >= 0.3 is 5.97 Å². The van der Waals surface area contributed by atoms with Crippen LogP contribution in [0.4, 0.5) is 0 Å². The minimum Gasteiger partial charge on any atom is -0.493 e. The molecule has 2 bridgehead atoms. The second-order valence-corrected chi connectivity index (χ2v) is 8.79. The van der Waals surface area contributed by atoms with Gasteiger partial charge in [0.05, 0.1) is 19.1 Å². The number of ether oxygens (including phenoxy) is 2. The van der Waals surface area contributed by atoms with E-state index in [4.69, 9.17) is 9.47 Å². The molecule has 1 saturated carbocycles. The van der Waals surface area contributed by atoms with E-state index in [1.807, 2.05) is 0 Å². The predicted octanol–water partition coefficient (Wildman–Crippen LogP) is 3.18. The van der Waals surface area contributed by atoms with Gasteiger partial charge in [0.15, 0.2) is 0 Å². The standard InChI is InChI=1S/C24H25NO3/c1-27-22(26)24-14-25-13-21(24)23(16-6-7-20-15(12-16)9-11-28-20)10-8-19(24)17-4-2-3-5-18(17)23/h2-7,12,19,21,25H,8-11,13-14H2,1H3. The second kappa shape index (κ2) is 5.60. The second-order valence-electron chi connectivity index (χ2n) is 8.79. The lowest BCUT2D eigenvalue weighted by molar-refractivity contribution is -0.161. The summed E-state index contributed by atoms with van der Waals surface area (Å²) in [6.07, 6.45) is 3.08. The van der Waals surface area contributed by atoms with Crippen molar-refractivity contribution in [2.75, 3.05) is 26.8 Å². The summed E-state index contributed by atoms with van der Waals surface area (Å²) in [4.78, 5) is 13.2. The number of nitrogens with one attached hydrogen (secondary N) is 1. The Morgan fingerprint density at radius 3 is 3.04 bits per heavy atom. The minimum absolute atomic E-state index is 0.0458. The van der Waals surface area contributed by atoms with E-state index >= 15 is 0 Å². The fourth-order valence-corrected chi connectivity index (χ4v) is 6.99. The first kappa shape index (κ1) is 16.6. The van der Waals surface area contributed by atoms with Gasteiger partial charge in [-0.1, -0.05) is 36.4 Å². The Kier molecular flexibility index (Phi) is 3.32. The summed E-state index contributed by atoms with van der Waals surface area (Å²) < 4.78 is 11.2. The molecule has 2 aromatic rings. The topological polar surface area (TPSA) is 47.6 Å². The average molecular weight is 375 g/mol. The Labute approximate surface area is 165 Å². The molecule has 1 N–H and O–H groups in total. The monoisotopic (exact) mass is 375 g/mol. The Bertz CT molecular complexity index is 986. The van der Waals surface area contributed by atoms with Gasteiger partial charge in [0, 0.05) is 36.8 Å². The zero-order valence-corrected chi connectivity index (χ0v) is 16.2. The van der Waals surface area contributed by atoms with Crippen molar-refractivity contribution < 1.29 is 14.3 Å². The number of benzene rings is 2. The molecule has 1 saturated heterocycles. The number of methoxy groups -OCH3 is 1. The molecule has 2 aromatic carbocycles. The van der Waals surface area contributed by atoms with Crippen LogP contribution in [-0.4, -0.2) is 32.8 Å². The maximum atomic E-state index is 13.2. The number of hydrogen-bond donors (Lipinski definition) is 1. The zero-order valence-electron chi connectivity index (χ0n) is 16.2. The van der Waals surface area contributed by atoms with Crippen LogP contribution in [0.25, 0.3) is 0 Å². The number of esters is 1. The normalized spacial score (nSPS) is 34.3. The highest BCUT2D eigenvalue weighted by atomic mass is 16.5. The highest BCUT2D eigenvalue weighted by Gasteiger charge is 2.69. The number of carbonyl (C=O) groups is 1. The maximum absolute atomic E-state index is 13.2. The number of hydrogen-bond acceptors (Lipinski definition) is 4. The highest BCUT2D eigenvalue weighted by molar-refractivity contribution is 5.82. The van der Waals surface area contributed by atoms with Crippen LogP contribution in [0.5, 0.6) is 5.75 Å². The minimum atomic E-state index is -0.475. The van der Waals surface area contributed by atoms with Crippen LogP contribution in [0.1, 0.15) is 41.0 Å². The summed E-state index contributed by atoms with van der Waals surface area (Å²) in [5.74, 6) is 1.41. The average Bonchev–Trinajstić information content (AvgIpc) is 3.41. The third-order valence-electron chi connectivity index (χ3n) is 8.02. The molecule has 28 heavy (non-hydrogen) atoms. The van der Waals surface area contributed by atoms with E-state index in [9.17, 15) is 4.79 Å². The smallest absolute Gasteiger partial charge is 0.314 e. The molecule has 7 rings (SSSR count). The SMILES string of the molecule is COC(=O)C12CNCC1C1(c3ccc4c(c3)CCO4)CCC2c2ccccc21. The summed E-state index contributed by atoms with van der Waals surface area (Å²) in [7, 11) is 1.54. The van der Waals surface area contributed by atoms with E-state index in [1.54, 1.807) is 7.11 Å². The fourth-order valence-electron chi connectivity index (χ4n) is 6.99. The van der Waals surface area contributed by atoms with Crippen molar-refractivity contribution >= 4 is 5.97 Å². The van der Waals surface area contributed by atoms with Gasteiger partial charge in [0.2, 0.25) is 0 Å². The molecule has 3 aliphatic carbocycles. The van der Waals surface area contributed by atoms with Gasteiger partial charge in [0.25, 0.3) is 0 Å². The molecule has 4 atom stereocenters. The number of rotatable bonds is 2. The van der Waals surface area contributed by atoms with Gasteiger partial charge in [0.1, 0.15) is 5.75 Å². The molecular weight excluding hydrogens is 350 g/mol. The Morgan fingerprint density at radius 1 is 1.25 bits per heavy atom. The lowest BCUT2D eigenvalue weighted by atomic mass is 9.42. The van der Waals surface area contributed by atoms with Gasteiger partial charge in [-0.3, -0.25) is 4.79 Å². The van der Waals surface area contributed by atoms with Crippen molar-refractivity contribution in [1.82, 2.24) is 5.32 Å². The fraction of sp³-hybridized carbons (Fsp3) is 0.458. The third kappa shape index (κ3) is 1.78. The third-order valence-corrected chi connectivity index (χ3v) is 8.02. The van der Waals surface area contributed by atoms with Crippen molar-refractivity contribution in [3.8, 4) is 5.75 Å². The van der Waals surface area contributed by atoms with Crippen molar-refractivity contribution in [3.63, 3.8) is 0 Å². The van der Waals surface area contributed by atoms with E-state index in [0.717, 1.165) is 38.2 Å². The van der Waals surface area contributed by atoms with Crippen LogP contribution in [0, 0.1) is 11.3 Å². The number of fused-ring (bicyclic) bond motifs is 2. The number of carbonyl (C=O) groups excluding carboxylic acids is 1. The van der Waals surface area contributed by atoms with Crippen LogP contribution < -0.4 is 10.1 Å². The van der Waals surface area contributed by atoms with Gasteiger partial charge in [-0.25, -0.2) is 0 Å². The summed E-state index contributed by atoms with van der Waals surface area (Å²) in [6.45, 7) is 2.33. The van der Waals surface area contributed by atoms with Crippen LogP contribution >= 0.6 is 0 Å². The first-order chi connectivity index (χ1) is 13.7. The highest BCUT2D eigenvalue weighted by Crippen LogP contribution is 2.68.